The second kappa shape index (κ2) is 7.09. The minimum atomic E-state index is 0.150. The van der Waals surface area contributed by atoms with Gasteiger partial charge in [0.2, 0.25) is 0 Å². The number of hydrogen-bond donors (Lipinski definition) is 2. The summed E-state index contributed by atoms with van der Waals surface area (Å²) in [6.45, 7) is 3.20. The van der Waals surface area contributed by atoms with Crippen molar-refractivity contribution in [2.45, 2.75) is 25.8 Å². The van der Waals surface area contributed by atoms with E-state index in [2.05, 4.69) is 36.0 Å². The molecule has 1 heterocycles. The Bertz CT molecular complexity index is 572. The lowest BCUT2D eigenvalue weighted by Crippen LogP contribution is -2.32. The van der Waals surface area contributed by atoms with E-state index in [1.165, 1.54) is 5.56 Å². The molecule has 0 aliphatic rings. The van der Waals surface area contributed by atoms with Crippen LogP contribution < -0.4 is 5.73 Å². The van der Waals surface area contributed by atoms with Crippen molar-refractivity contribution in [3.8, 4) is 5.75 Å². The minimum absolute atomic E-state index is 0.150. The van der Waals surface area contributed by atoms with Crippen LogP contribution in [0.25, 0.3) is 0 Å². The second-order valence-corrected chi connectivity index (χ2v) is 5.53. The number of nitrogen functional groups attached to an aromatic ring is 1. The highest BCUT2D eigenvalue weighted by atomic mass is 16.3. The van der Waals surface area contributed by atoms with E-state index in [0.717, 1.165) is 24.9 Å². The number of aromatic nitrogens is 1. The maximum Gasteiger partial charge on any atom is 0.138 e. The first-order valence-electron chi connectivity index (χ1n) is 7.23. The molecule has 3 N–H and O–H groups in total. The van der Waals surface area contributed by atoms with Gasteiger partial charge in [-0.1, -0.05) is 6.07 Å². The summed E-state index contributed by atoms with van der Waals surface area (Å²) in [6, 6.07) is 9.96. The fraction of sp³-hybridized carbons (Fsp3) is 0.353. The van der Waals surface area contributed by atoms with Crippen LogP contribution in [-0.4, -0.2) is 34.6 Å². The highest BCUT2D eigenvalue weighted by Crippen LogP contribution is 2.21. The molecule has 0 fully saturated rings. The molecule has 2 rings (SSSR count). The molecule has 1 atom stereocenters. The van der Waals surface area contributed by atoms with Crippen molar-refractivity contribution < 1.29 is 5.11 Å². The van der Waals surface area contributed by atoms with Crippen LogP contribution in [0.3, 0.4) is 0 Å². The Hall–Kier alpha value is -2.07. The van der Waals surface area contributed by atoms with Gasteiger partial charge < -0.3 is 15.7 Å². The van der Waals surface area contributed by atoms with Gasteiger partial charge in [0, 0.05) is 25.0 Å². The Morgan fingerprint density at radius 1 is 1.19 bits per heavy atom. The fourth-order valence-corrected chi connectivity index (χ4v) is 2.30. The number of rotatable bonds is 6. The number of nitrogens with two attached hydrogens (primary N) is 1. The van der Waals surface area contributed by atoms with E-state index in [1.54, 1.807) is 6.07 Å². The summed E-state index contributed by atoms with van der Waals surface area (Å²) in [7, 11) is 2.13. The van der Waals surface area contributed by atoms with Crippen LogP contribution in [0, 0.1) is 0 Å². The maximum absolute atomic E-state index is 9.46. The Morgan fingerprint density at radius 3 is 2.57 bits per heavy atom. The number of benzene rings is 1. The first-order valence-corrected chi connectivity index (χ1v) is 7.23. The standard InChI is InChI=1S/C17H23N3O/c1-13(11-15-3-4-17(21)16(18)12-15)20(2)10-7-14-5-8-19-9-6-14/h3-6,8-9,12-13,21H,7,10-11,18H2,1-2H3. The summed E-state index contributed by atoms with van der Waals surface area (Å²) in [5.74, 6) is 0.150. The van der Waals surface area contributed by atoms with E-state index in [1.807, 2.05) is 24.5 Å². The van der Waals surface area contributed by atoms with E-state index >= 15 is 0 Å². The van der Waals surface area contributed by atoms with Crippen LogP contribution in [0.2, 0.25) is 0 Å². The van der Waals surface area contributed by atoms with Crippen molar-refractivity contribution in [3.63, 3.8) is 0 Å². The van der Waals surface area contributed by atoms with E-state index in [4.69, 9.17) is 5.73 Å². The van der Waals surface area contributed by atoms with Gasteiger partial charge in [-0.2, -0.15) is 0 Å². The monoisotopic (exact) mass is 285 g/mol. The van der Waals surface area contributed by atoms with Gasteiger partial charge in [-0.3, -0.25) is 4.98 Å². The average molecular weight is 285 g/mol. The predicted molar refractivity (Wildman–Crippen MR) is 86.3 cm³/mol. The normalized spacial score (nSPS) is 12.5. The Morgan fingerprint density at radius 2 is 1.90 bits per heavy atom. The lowest BCUT2D eigenvalue weighted by atomic mass is 10.0. The summed E-state index contributed by atoms with van der Waals surface area (Å²) in [6.07, 6.45) is 5.59. The Labute approximate surface area is 126 Å². The minimum Gasteiger partial charge on any atom is -0.506 e. The van der Waals surface area contributed by atoms with Crippen LogP contribution in [0.5, 0.6) is 5.75 Å². The number of likely N-dealkylation sites (N-methyl/N-ethyl adjacent to an activating group) is 1. The number of hydrogen-bond acceptors (Lipinski definition) is 4. The van der Waals surface area contributed by atoms with Gasteiger partial charge in [-0.25, -0.2) is 0 Å². The van der Waals surface area contributed by atoms with Gasteiger partial charge in [0.15, 0.2) is 0 Å². The molecular formula is C17H23N3O. The Kier molecular flexibility index (Phi) is 5.17. The van der Waals surface area contributed by atoms with Crippen molar-refractivity contribution >= 4 is 5.69 Å². The fourth-order valence-electron chi connectivity index (χ4n) is 2.30. The zero-order valence-corrected chi connectivity index (χ0v) is 12.7. The van der Waals surface area contributed by atoms with Crippen molar-refractivity contribution in [2.75, 3.05) is 19.3 Å². The first kappa shape index (κ1) is 15.3. The SMILES string of the molecule is CC(Cc1ccc(O)c(N)c1)N(C)CCc1ccncc1. The molecule has 1 aromatic carbocycles. The van der Waals surface area contributed by atoms with Crippen molar-refractivity contribution in [2.24, 2.45) is 0 Å². The zero-order chi connectivity index (χ0) is 15.2. The zero-order valence-electron chi connectivity index (χ0n) is 12.7. The highest BCUT2D eigenvalue weighted by molar-refractivity contribution is 5.53. The lowest BCUT2D eigenvalue weighted by molar-refractivity contribution is 0.259. The average Bonchev–Trinajstić information content (AvgIpc) is 2.49. The molecule has 0 spiro atoms. The molecule has 112 valence electrons. The van der Waals surface area contributed by atoms with Crippen molar-refractivity contribution in [3.05, 3.63) is 53.9 Å². The van der Waals surface area contributed by atoms with Crippen LogP contribution in [-0.2, 0) is 12.8 Å². The van der Waals surface area contributed by atoms with Gasteiger partial charge in [0.05, 0.1) is 5.69 Å². The van der Waals surface area contributed by atoms with Crippen molar-refractivity contribution in [1.29, 1.82) is 0 Å². The Balaban J connectivity index is 1.87. The summed E-state index contributed by atoms with van der Waals surface area (Å²) >= 11 is 0. The molecule has 0 aliphatic heterocycles. The third kappa shape index (κ3) is 4.46. The summed E-state index contributed by atoms with van der Waals surface area (Å²) in [4.78, 5) is 6.37. The molecule has 21 heavy (non-hydrogen) atoms. The lowest BCUT2D eigenvalue weighted by Gasteiger charge is -2.25. The molecule has 1 unspecified atom stereocenters. The van der Waals surface area contributed by atoms with Crippen LogP contribution in [0.1, 0.15) is 18.1 Å². The number of pyridine rings is 1. The molecule has 4 heteroatoms. The van der Waals surface area contributed by atoms with Crippen LogP contribution in [0.4, 0.5) is 5.69 Å². The quantitative estimate of drug-likeness (QED) is 0.632. The van der Waals surface area contributed by atoms with Gasteiger partial charge in [-0.05, 0) is 62.2 Å². The summed E-state index contributed by atoms with van der Waals surface area (Å²) in [5.41, 5.74) is 8.63. The predicted octanol–water partition coefficient (Wildman–Crippen LogP) is 2.47. The smallest absolute Gasteiger partial charge is 0.138 e. The molecule has 4 nitrogen and oxygen atoms in total. The summed E-state index contributed by atoms with van der Waals surface area (Å²) < 4.78 is 0. The van der Waals surface area contributed by atoms with E-state index in [9.17, 15) is 5.11 Å². The van der Waals surface area contributed by atoms with Crippen molar-refractivity contribution in [1.82, 2.24) is 9.88 Å². The highest BCUT2D eigenvalue weighted by Gasteiger charge is 2.11. The number of phenolic OH excluding ortho intramolecular Hbond substituents is 1. The molecule has 1 aromatic heterocycles. The van der Waals surface area contributed by atoms with Gasteiger partial charge >= 0.3 is 0 Å². The van der Waals surface area contributed by atoms with Gasteiger partial charge in [-0.15, -0.1) is 0 Å². The molecular weight excluding hydrogens is 262 g/mol. The molecule has 0 radical (unpaired) electrons. The molecule has 0 bridgehead atoms. The van der Waals surface area contributed by atoms with Gasteiger partial charge in [0.25, 0.3) is 0 Å². The molecule has 0 amide bonds. The van der Waals surface area contributed by atoms with Gasteiger partial charge in [0.1, 0.15) is 5.75 Å². The van der Waals surface area contributed by atoms with E-state index in [-0.39, 0.29) is 5.75 Å². The number of anilines is 1. The molecule has 0 aliphatic carbocycles. The maximum atomic E-state index is 9.46. The van der Waals surface area contributed by atoms with Crippen LogP contribution >= 0.6 is 0 Å². The second-order valence-electron chi connectivity index (χ2n) is 5.53. The molecule has 2 aromatic rings. The number of phenols is 1. The van der Waals surface area contributed by atoms with Crippen LogP contribution in [0.15, 0.2) is 42.7 Å². The number of aromatic hydroxyl groups is 1. The third-order valence-electron chi connectivity index (χ3n) is 3.88. The summed E-state index contributed by atoms with van der Waals surface area (Å²) in [5, 5.41) is 9.46. The third-order valence-corrected chi connectivity index (χ3v) is 3.88. The topological polar surface area (TPSA) is 62.4 Å². The van der Waals surface area contributed by atoms with E-state index in [0.29, 0.717) is 11.7 Å². The van der Waals surface area contributed by atoms with E-state index < -0.39 is 0 Å². The molecule has 0 saturated heterocycles. The number of nitrogens with zero attached hydrogens (tertiary/aromatic N) is 2. The largest absolute Gasteiger partial charge is 0.506 e. The molecule has 0 saturated carbocycles. The first-order chi connectivity index (χ1) is 10.1.